The highest BCUT2D eigenvalue weighted by atomic mass is 15.4. The first-order valence-corrected chi connectivity index (χ1v) is 6.45. The average Bonchev–Trinajstić information content (AvgIpc) is 3.09. The van der Waals surface area contributed by atoms with Gasteiger partial charge >= 0.3 is 0 Å². The number of hydrogen-bond acceptors (Lipinski definition) is 3. The van der Waals surface area contributed by atoms with Crippen molar-refractivity contribution in [2.45, 2.75) is 38.3 Å². The second kappa shape index (κ2) is 4.84. The quantitative estimate of drug-likeness (QED) is 0.771. The third-order valence-electron chi connectivity index (χ3n) is 3.23. The minimum absolute atomic E-state index is 0.821. The predicted octanol–water partition coefficient (Wildman–Crippen LogP) is 1.96. The van der Waals surface area contributed by atoms with E-state index in [1.54, 1.807) is 0 Å². The molecule has 1 aliphatic rings. The Hall–Kier alpha value is -1.42. The fourth-order valence-corrected chi connectivity index (χ4v) is 2.06. The summed E-state index contributed by atoms with van der Waals surface area (Å²) in [6.45, 7) is 2.10. The molecule has 2 aromatic rings. The van der Waals surface area contributed by atoms with Crippen LogP contribution in [-0.2, 0) is 6.54 Å². The number of nitrogens with one attached hydrogen (secondary N) is 1. The van der Waals surface area contributed by atoms with Gasteiger partial charge in [-0.1, -0.05) is 17.3 Å². The highest BCUT2D eigenvalue weighted by Gasteiger charge is 2.19. The summed E-state index contributed by atoms with van der Waals surface area (Å²) in [6.07, 6.45) is 5.11. The smallest absolute Gasteiger partial charge is 0.113 e. The van der Waals surface area contributed by atoms with Crippen LogP contribution in [0, 0.1) is 0 Å². The van der Waals surface area contributed by atoms with Gasteiger partial charge < -0.3 is 5.32 Å². The molecule has 0 amide bonds. The van der Waals surface area contributed by atoms with Gasteiger partial charge in [-0.05, 0) is 44.4 Å². The van der Waals surface area contributed by atoms with Crippen LogP contribution in [0.25, 0.3) is 11.0 Å². The molecule has 1 fully saturated rings. The predicted molar refractivity (Wildman–Crippen MR) is 67.8 cm³/mol. The lowest BCUT2D eigenvalue weighted by atomic mass is 10.3. The molecule has 0 unspecified atom stereocenters. The number of aromatic nitrogens is 3. The molecular formula is C13H18N4. The van der Waals surface area contributed by atoms with Gasteiger partial charge in [0.15, 0.2) is 0 Å². The molecule has 1 aliphatic carbocycles. The Bertz CT molecular complexity index is 487. The minimum Gasteiger partial charge on any atom is -0.314 e. The maximum absolute atomic E-state index is 4.19. The largest absolute Gasteiger partial charge is 0.314 e. The first-order valence-electron chi connectivity index (χ1n) is 6.45. The molecule has 1 N–H and O–H groups in total. The Balaban J connectivity index is 1.50. The second-order valence-electron chi connectivity index (χ2n) is 4.74. The maximum Gasteiger partial charge on any atom is 0.113 e. The third-order valence-corrected chi connectivity index (χ3v) is 3.23. The summed E-state index contributed by atoms with van der Waals surface area (Å²) >= 11 is 0. The summed E-state index contributed by atoms with van der Waals surface area (Å²) < 4.78 is 2.01. The van der Waals surface area contributed by atoms with Crippen LogP contribution in [0.3, 0.4) is 0 Å². The lowest BCUT2D eigenvalue weighted by molar-refractivity contribution is 0.532. The van der Waals surface area contributed by atoms with Crippen molar-refractivity contribution in [3.8, 4) is 0 Å². The zero-order chi connectivity index (χ0) is 11.5. The molecule has 0 spiro atoms. The van der Waals surface area contributed by atoms with Gasteiger partial charge in [0.2, 0.25) is 0 Å². The molecule has 90 valence electrons. The molecule has 3 rings (SSSR count). The summed E-state index contributed by atoms with van der Waals surface area (Å²) in [5, 5.41) is 11.9. The molecule has 0 saturated heterocycles. The summed E-state index contributed by atoms with van der Waals surface area (Å²) in [5.74, 6) is 0. The number of benzene rings is 1. The number of aryl methyl sites for hydroxylation is 1. The van der Waals surface area contributed by atoms with Gasteiger partial charge in [0, 0.05) is 12.6 Å². The highest BCUT2D eigenvalue weighted by Crippen LogP contribution is 2.18. The van der Waals surface area contributed by atoms with Gasteiger partial charge in [-0.2, -0.15) is 0 Å². The van der Waals surface area contributed by atoms with Crippen molar-refractivity contribution < 1.29 is 0 Å². The molecule has 1 heterocycles. The van der Waals surface area contributed by atoms with Crippen molar-refractivity contribution in [1.29, 1.82) is 0 Å². The monoisotopic (exact) mass is 230 g/mol. The van der Waals surface area contributed by atoms with Crippen molar-refractivity contribution >= 4 is 11.0 Å². The van der Waals surface area contributed by atoms with Gasteiger partial charge in [0.25, 0.3) is 0 Å². The van der Waals surface area contributed by atoms with Crippen LogP contribution in [-0.4, -0.2) is 27.6 Å². The van der Waals surface area contributed by atoms with E-state index in [1.165, 1.54) is 19.3 Å². The Morgan fingerprint density at radius 1 is 1.24 bits per heavy atom. The highest BCUT2D eigenvalue weighted by molar-refractivity contribution is 5.73. The average molecular weight is 230 g/mol. The van der Waals surface area contributed by atoms with E-state index < -0.39 is 0 Å². The van der Waals surface area contributed by atoms with Gasteiger partial charge in [-0.25, -0.2) is 4.68 Å². The Labute approximate surface area is 101 Å². The lowest BCUT2D eigenvalue weighted by Gasteiger charge is -2.03. The molecular weight excluding hydrogens is 212 g/mol. The van der Waals surface area contributed by atoms with E-state index in [0.29, 0.717) is 0 Å². The lowest BCUT2D eigenvalue weighted by Crippen LogP contribution is -2.17. The fourth-order valence-electron chi connectivity index (χ4n) is 2.06. The molecule has 4 heteroatoms. The van der Waals surface area contributed by atoms with Crippen LogP contribution in [0.4, 0.5) is 0 Å². The SMILES string of the molecule is c1ccc2c(c1)nnn2CCCCNC1CC1. The Kier molecular flexibility index (Phi) is 3.05. The molecule has 1 aromatic carbocycles. The maximum atomic E-state index is 4.19. The summed E-state index contributed by atoms with van der Waals surface area (Å²) in [5.41, 5.74) is 2.13. The van der Waals surface area contributed by atoms with Crippen molar-refractivity contribution in [3.05, 3.63) is 24.3 Å². The van der Waals surface area contributed by atoms with E-state index in [-0.39, 0.29) is 0 Å². The first-order chi connectivity index (χ1) is 8.43. The molecule has 4 nitrogen and oxygen atoms in total. The Morgan fingerprint density at radius 2 is 2.12 bits per heavy atom. The van der Waals surface area contributed by atoms with Crippen LogP contribution in [0.1, 0.15) is 25.7 Å². The molecule has 1 aromatic heterocycles. The van der Waals surface area contributed by atoms with Crippen LogP contribution in [0.2, 0.25) is 0 Å². The van der Waals surface area contributed by atoms with Gasteiger partial charge in [-0.15, -0.1) is 5.10 Å². The zero-order valence-corrected chi connectivity index (χ0v) is 9.97. The number of rotatable bonds is 6. The molecule has 0 bridgehead atoms. The normalized spacial score (nSPS) is 15.5. The minimum atomic E-state index is 0.821. The van der Waals surface area contributed by atoms with E-state index in [9.17, 15) is 0 Å². The number of nitrogens with zero attached hydrogens (tertiary/aromatic N) is 3. The molecule has 0 radical (unpaired) electrons. The van der Waals surface area contributed by atoms with Gasteiger partial charge in [0.05, 0.1) is 5.52 Å². The summed E-state index contributed by atoms with van der Waals surface area (Å²) in [6, 6.07) is 8.95. The molecule has 17 heavy (non-hydrogen) atoms. The van der Waals surface area contributed by atoms with E-state index in [4.69, 9.17) is 0 Å². The number of para-hydroxylation sites is 1. The number of hydrogen-bond donors (Lipinski definition) is 1. The molecule has 1 saturated carbocycles. The van der Waals surface area contributed by atoms with Crippen molar-refractivity contribution in [3.63, 3.8) is 0 Å². The van der Waals surface area contributed by atoms with Crippen LogP contribution in [0.5, 0.6) is 0 Å². The van der Waals surface area contributed by atoms with Crippen molar-refractivity contribution in [2.75, 3.05) is 6.54 Å². The third kappa shape index (κ3) is 2.64. The van der Waals surface area contributed by atoms with Gasteiger partial charge in [0.1, 0.15) is 5.52 Å². The van der Waals surface area contributed by atoms with E-state index >= 15 is 0 Å². The number of fused-ring (bicyclic) bond motifs is 1. The second-order valence-corrected chi connectivity index (χ2v) is 4.74. The Morgan fingerprint density at radius 3 is 3.00 bits per heavy atom. The van der Waals surface area contributed by atoms with E-state index in [1.807, 2.05) is 22.9 Å². The van der Waals surface area contributed by atoms with Crippen LogP contribution < -0.4 is 5.32 Å². The topological polar surface area (TPSA) is 42.7 Å². The van der Waals surface area contributed by atoms with E-state index in [2.05, 4.69) is 21.7 Å². The first kappa shape index (κ1) is 10.7. The molecule has 0 atom stereocenters. The van der Waals surface area contributed by atoms with Crippen molar-refractivity contribution in [1.82, 2.24) is 20.3 Å². The van der Waals surface area contributed by atoms with Crippen LogP contribution >= 0.6 is 0 Å². The standard InChI is InChI=1S/C13H18N4/c1-2-6-13-12(5-1)15-16-17(13)10-4-3-9-14-11-7-8-11/h1-2,5-6,11,14H,3-4,7-10H2. The van der Waals surface area contributed by atoms with Gasteiger partial charge in [-0.3, -0.25) is 0 Å². The van der Waals surface area contributed by atoms with E-state index in [0.717, 1.165) is 36.6 Å². The zero-order valence-electron chi connectivity index (χ0n) is 9.97. The fraction of sp³-hybridized carbons (Fsp3) is 0.538. The summed E-state index contributed by atoms with van der Waals surface area (Å²) in [7, 11) is 0. The molecule has 0 aliphatic heterocycles. The number of unbranched alkanes of at least 4 members (excludes halogenated alkanes) is 1. The van der Waals surface area contributed by atoms with Crippen molar-refractivity contribution in [2.24, 2.45) is 0 Å². The van der Waals surface area contributed by atoms with Crippen LogP contribution in [0.15, 0.2) is 24.3 Å². The summed E-state index contributed by atoms with van der Waals surface area (Å²) in [4.78, 5) is 0.